The summed E-state index contributed by atoms with van der Waals surface area (Å²) in [4.78, 5) is 15.7. The first-order chi connectivity index (χ1) is 12.3. The second kappa shape index (κ2) is 5.64. The van der Waals surface area contributed by atoms with Gasteiger partial charge >= 0.3 is 0 Å². The molecule has 1 aliphatic heterocycles. The van der Waals surface area contributed by atoms with Gasteiger partial charge in [-0.05, 0) is 24.6 Å². The fourth-order valence-corrected chi connectivity index (χ4v) is 4.35. The minimum Gasteiger partial charge on any atom is -0.479 e. The highest BCUT2D eigenvalue weighted by Crippen LogP contribution is 2.37. The first-order valence-corrected chi connectivity index (χ1v) is 8.76. The molecule has 3 N–H and O–H groups in total. The molecule has 0 saturated heterocycles. The van der Waals surface area contributed by atoms with Crippen LogP contribution in [0.2, 0.25) is 0 Å². The van der Waals surface area contributed by atoms with Crippen LogP contribution in [0.25, 0.3) is 21.3 Å². The van der Waals surface area contributed by atoms with Crippen molar-refractivity contribution in [2.45, 2.75) is 13.0 Å². The molecule has 0 fully saturated rings. The predicted octanol–water partition coefficient (Wildman–Crippen LogP) is 2.36. The Balaban J connectivity index is 1.66. The normalized spacial score (nSPS) is 14.0. The van der Waals surface area contributed by atoms with E-state index in [1.165, 1.54) is 10.4 Å². The SMILES string of the molecule is COc1nc2[nH]ncc2cc1Nc1ncnc2sc3c(c12)CCNC3. The van der Waals surface area contributed by atoms with Gasteiger partial charge in [-0.25, -0.2) is 9.97 Å². The van der Waals surface area contributed by atoms with Crippen molar-refractivity contribution in [3.8, 4) is 5.88 Å². The molecule has 5 rings (SSSR count). The third kappa shape index (κ3) is 2.31. The summed E-state index contributed by atoms with van der Waals surface area (Å²) in [6.45, 7) is 1.86. The van der Waals surface area contributed by atoms with E-state index in [2.05, 4.69) is 35.8 Å². The Bertz CT molecular complexity index is 1090. The number of nitrogens with one attached hydrogen (secondary N) is 3. The van der Waals surface area contributed by atoms with Crippen LogP contribution in [0.4, 0.5) is 11.5 Å². The van der Waals surface area contributed by atoms with Crippen molar-refractivity contribution in [3.05, 3.63) is 29.0 Å². The number of thiophene rings is 1. The van der Waals surface area contributed by atoms with Crippen LogP contribution in [-0.4, -0.2) is 38.8 Å². The van der Waals surface area contributed by atoms with Crippen LogP contribution in [0, 0.1) is 0 Å². The van der Waals surface area contributed by atoms with Gasteiger partial charge in [0.15, 0.2) is 5.65 Å². The van der Waals surface area contributed by atoms with E-state index in [-0.39, 0.29) is 0 Å². The van der Waals surface area contributed by atoms with Gasteiger partial charge in [0.1, 0.15) is 22.7 Å². The van der Waals surface area contributed by atoms with E-state index in [9.17, 15) is 0 Å². The molecule has 0 amide bonds. The topological polar surface area (TPSA) is 101 Å². The molecule has 0 atom stereocenters. The fourth-order valence-electron chi connectivity index (χ4n) is 3.19. The van der Waals surface area contributed by atoms with Gasteiger partial charge in [-0.2, -0.15) is 10.1 Å². The lowest BCUT2D eigenvalue weighted by Gasteiger charge is -2.14. The molecule has 126 valence electrons. The number of anilines is 2. The molecular weight excluding hydrogens is 338 g/mol. The average molecular weight is 353 g/mol. The number of aromatic amines is 1. The van der Waals surface area contributed by atoms with Crippen molar-refractivity contribution in [1.29, 1.82) is 0 Å². The Morgan fingerprint density at radius 2 is 2.28 bits per heavy atom. The van der Waals surface area contributed by atoms with Crippen LogP contribution in [0.3, 0.4) is 0 Å². The van der Waals surface area contributed by atoms with E-state index >= 15 is 0 Å². The molecule has 9 heteroatoms. The van der Waals surface area contributed by atoms with Crippen LogP contribution in [0.1, 0.15) is 10.4 Å². The first-order valence-electron chi connectivity index (χ1n) is 7.94. The summed E-state index contributed by atoms with van der Waals surface area (Å²) in [5, 5.41) is 15.7. The summed E-state index contributed by atoms with van der Waals surface area (Å²) in [6.07, 6.45) is 4.31. The molecule has 0 radical (unpaired) electrons. The lowest BCUT2D eigenvalue weighted by Crippen LogP contribution is -2.22. The number of rotatable bonds is 3. The zero-order chi connectivity index (χ0) is 16.8. The summed E-state index contributed by atoms with van der Waals surface area (Å²) < 4.78 is 5.43. The van der Waals surface area contributed by atoms with Gasteiger partial charge < -0.3 is 15.4 Å². The fraction of sp³-hybridized carbons (Fsp3) is 0.250. The van der Waals surface area contributed by atoms with Gasteiger partial charge in [0.2, 0.25) is 5.88 Å². The second-order valence-corrected chi connectivity index (χ2v) is 6.89. The number of fused-ring (bicyclic) bond motifs is 4. The third-order valence-electron chi connectivity index (χ3n) is 4.35. The van der Waals surface area contributed by atoms with Gasteiger partial charge in [0.05, 0.1) is 18.7 Å². The molecule has 0 aliphatic carbocycles. The highest BCUT2D eigenvalue weighted by molar-refractivity contribution is 7.19. The molecule has 5 heterocycles. The summed E-state index contributed by atoms with van der Waals surface area (Å²) in [5.41, 5.74) is 2.78. The molecule has 0 aromatic carbocycles. The number of H-pyrrole nitrogens is 1. The molecule has 0 bridgehead atoms. The highest BCUT2D eigenvalue weighted by Gasteiger charge is 2.20. The van der Waals surface area contributed by atoms with Crippen LogP contribution < -0.4 is 15.4 Å². The summed E-state index contributed by atoms with van der Waals surface area (Å²) in [6, 6.07) is 1.96. The van der Waals surface area contributed by atoms with Crippen LogP contribution >= 0.6 is 11.3 Å². The monoisotopic (exact) mass is 353 g/mol. The van der Waals surface area contributed by atoms with E-state index in [0.29, 0.717) is 11.5 Å². The van der Waals surface area contributed by atoms with Crippen molar-refractivity contribution in [3.63, 3.8) is 0 Å². The second-order valence-electron chi connectivity index (χ2n) is 5.81. The Morgan fingerprint density at radius 3 is 3.20 bits per heavy atom. The quantitative estimate of drug-likeness (QED) is 0.520. The Hall–Kier alpha value is -2.78. The van der Waals surface area contributed by atoms with Gasteiger partial charge in [0.25, 0.3) is 0 Å². The lowest BCUT2D eigenvalue weighted by atomic mass is 10.1. The highest BCUT2D eigenvalue weighted by atomic mass is 32.1. The summed E-state index contributed by atoms with van der Waals surface area (Å²) in [5.74, 6) is 1.28. The van der Waals surface area contributed by atoms with Crippen molar-refractivity contribution < 1.29 is 4.74 Å². The molecule has 25 heavy (non-hydrogen) atoms. The maximum Gasteiger partial charge on any atom is 0.239 e. The Labute approximate surface area is 146 Å². The first kappa shape index (κ1) is 14.6. The molecule has 4 aromatic rings. The smallest absolute Gasteiger partial charge is 0.239 e. The van der Waals surface area contributed by atoms with Gasteiger partial charge in [-0.3, -0.25) is 5.10 Å². The number of methoxy groups -OCH3 is 1. The van der Waals surface area contributed by atoms with Crippen molar-refractivity contribution >= 4 is 44.1 Å². The average Bonchev–Trinajstić information content (AvgIpc) is 3.24. The van der Waals surface area contributed by atoms with Gasteiger partial charge in [0, 0.05) is 16.8 Å². The van der Waals surface area contributed by atoms with E-state index < -0.39 is 0 Å². The molecule has 1 aliphatic rings. The third-order valence-corrected chi connectivity index (χ3v) is 5.49. The Morgan fingerprint density at radius 1 is 1.32 bits per heavy atom. The lowest BCUT2D eigenvalue weighted by molar-refractivity contribution is 0.401. The van der Waals surface area contributed by atoms with E-state index in [1.807, 2.05) is 6.07 Å². The minimum absolute atomic E-state index is 0.495. The van der Waals surface area contributed by atoms with Gasteiger partial charge in [-0.15, -0.1) is 11.3 Å². The number of hydrogen-bond donors (Lipinski definition) is 3. The largest absolute Gasteiger partial charge is 0.479 e. The molecular formula is C16H15N7OS. The van der Waals surface area contributed by atoms with Crippen molar-refractivity contribution in [2.75, 3.05) is 19.0 Å². The van der Waals surface area contributed by atoms with E-state index in [1.54, 1.807) is 31.0 Å². The number of hydrogen-bond acceptors (Lipinski definition) is 8. The maximum atomic E-state index is 5.43. The van der Waals surface area contributed by atoms with E-state index in [4.69, 9.17) is 4.74 Å². The van der Waals surface area contributed by atoms with Gasteiger partial charge in [-0.1, -0.05) is 0 Å². The molecule has 0 saturated carbocycles. The standard InChI is InChI=1S/C16H15N7OS/c1-24-15-10(4-8-5-20-23-13(8)22-15)21-14-12-9-2-3-17-6-11(9)25-16(12)19-7-18-14/h4-5,7,17H,2-3,6H2,1H3,(H,18,19,21)(H,20,22,23). The van der Waals surface area contributed by atoms with Crippen LogP contribution in [0.15, 0.2) is 18.6 Å². The number of aromatic nitrogens is 5. The molecule has 0 unspecified atom stereocenters. The summed E-state index contributed by atoms with van der Waals surface area (Å²) >= 11 is 1.72. The zero-order valence-corrected chi connectivity index (χ0v) is 14.3. The molecule has 0 spiro atoms. The maximum absolute atomic E-state index is 5.43. The number of pyridine rings is 1. The molecule has 8 nitrogen and oxygen atoms in total. The van der Waals surface area contributed by atoms with Crippen LogP contribution in [-0.2, 0) is 13.0 Å². The van der Waals surface area contributed by atoms with Crippen molar-refractivity contribution in [2.24, 2.45) is 0 Å². The number of nitrogens with zero attached hydrogens (tertiary/aromatic N) is 4. The number of ether oxygens (including phenoxy) is 1. The Kier molecular flexibility index (Phi) is 3.28. The van der Waals surface area contributed by atoms with Crippen LogP contribution in [0.5, 0.6) is 5.88 Å². The van der Waals surface area contributed by atoms with Crippen molar-refractivity contribution in [1.82, 2.24) is 30.5 Å². The molecule has 4 aromatic heterocycles. The summed E-state index contributed by atoms with van der Waals surface area (Å²) in [7, 11) is 1.60. The van der Waals surface area contributed by atoms with E-state index in [0.717, 1.165) is 46.6 Å². The minimum atomic E-state index is 0.495. The zero-order valence-electron chi connectivity index (χ0n) is 13.5. The predicted molar refractivity (Wildman–Crippen MR) is 96.5 cm³/mol.